The third-order valence-electron chi connectivity index (χ3n) is 2.33. The fourth-order valence-electron chi connectivity index (χ4n) is 1.35. The second-order valence-corrected chi connectivity index (χ2v) is 3.61. The monoisotopic (exact) mass is 213 g/mol. The van der Waals surface area contributed by atoms with Crippen molar-refractivity contribution in [2.75, 3.05) is 6.61 Å². The van der Waals surface area contributed by atoms with Gasteiger partial charge in [0.25, 0.3) is 0 Å². The Kier molecular flexibility index (Phi) is 5.28. The summed E-state index contributed by atoms with van der Waals surface area (Å²) in [7, 11) is 0. The van der Waals surface area contributed by atoms with E-state index in [1.54, 1.807) is 10.9 Å². The normalized spacial score (nSPS) is 13.0. The second-order valence-electron chi connectivity index (χ2n) is 3.61. The van der Waals surface area contributed by atoms with Crippen molar-refractivity contribution in [1.82, 2.24) is 15.0 Å². The number of rotatable bonds is 7. The minimum Gasteiger partial charge on any atom is -0.396 e. The molecule has 15 heavy (non-hydrogen) atoms. The van der Waals surface area contributed by atoms with Crippen LogP contribution in [0, 0.1) is 0 Å². The van der Waals surface area contributed by atoms with Crippen molar-refractivity contribution in [1.29, 1.82) is 0 Å². The minimum atomic E-state index is -0.504. The zero-order valence-electron chi connectivity index (χ0n) is 9.13. The summed E-state index contributed by atoms with van der Waals surface area (Å²) in [6.07, 6.45) is 4.74. The molecule has 0 saturated heterocycles. The maximum Gasteiger partial charge on any atom is 0.111 e. The Balaban J connectivity index is 2.33. The van der Waals surface area contributed by atoms with Crippen LogP contribution >= 0.6 is 0 Å². The quantitative estimate of drug-likeness (QED) is 0.660. The minimum absolute atomic E-state index is 0.247. The number of hydrogen-bond acceptors (Lipinski definition) is 4. The van der Waals surface area contributed by atoms with Gasteiger partial charge in [-0.15, -0.1) is 5.10 Å². The van der Waals surface area contributed by atoms with Gasteiger partial charge in [-0.1, -0.05) is 12.1 Å². The summed E-state index contributed by atoms with van der Waals surface area (Å²) in [5, 5.41) is 25.9. The zero-order valence-corrected chi connectivity index (χ0v) is 9.13. The summed E-state index contributed by atoms with van der Waals surface area (Å²) in [5.41, 5.74) is 0.639. The number of aliphatic hydroxyl groups is 2. The number of unbranched alkanes of at least 4 members (excludes halogenated alkanes) is 2. The molecule has 0 fully saturated rings. The first kappa shape index (κ1) is 12.1. The maximum atomic E-state index is 9.50. The molecule has 86 valence electrons. The van der Waals surface area contributed by atoms with E-state index in [-0.39, 0.29) is 6.61 Å². The van der Waals surface area contributed by atoms with Crippen molar-refractivity contribution in [3.63, 3.8) is 0 Å². The van der Waals surface area contributed by atoms with Crippen LogP contribution in [0.1, 0.15) is 44.4 Å². The Morgan fingerprint density at radius 3 is 2.87 bits per heavy atom. The van der Waals surface area contributed by atoms with Crippen LogP contribution in [0.15, 0.2) is 6.20 Å². The van der Waals surface area contributed by atoms with Gasteiger partial charge in [0, 0.05) is 13.2 Å². The first-order valence-electron chi connectivity index (χ1n) is 5.47. The molecule has 0 aliphatic rings. The fourth-order valence-corrected chi connectivity index (χ4v) is 1.35. The summed E-state index contributed by atoms with van der Waals surface area (Å²) in [6, 6.07) is 0. The van der Waals surface area contributed by atoms with Crippen molar-refractivity contribution in [2.45, 2.75) is 45.3 Å². The molecule has 1 heterocycles. The van der Waals surface area contributed by atoms with Crippen molar-refractivity contribution < 1.29 is 10.2 Å². The van der Waals surface area contributed by atoms with Crippen LogP contribution in [0.5, 0.6) is 0 Å². The van der Waals surface area contributed by atoms with Crippen LogP contribution in [0.25, 0.3) is 0 Å². The third kappa shape index (κ3) is 3.97. The molecule has 5 nitrogen and oxygen atoms in total. The third-order valence-corrected chi connectivity index (χ3v) is 2.33. The first-order valence-corrected chi connectivity index (χ1v) is 5.47. The van der Waals surface area contributed by atoms with Gasteiger partial charge in [0.15, 0.2) is 0 Å². The largest absolute Gasteiger partial charge is 0.396 e. The van der Waals surface area contributed by atoms with E-state index in [0.717, 1.165) is 25.8 Å². The number of hydrogen-bond donors (Lipinski definition) is 2. The number of aromatic nitrogens is 3. The molecule has 5 heteroatoms. The molecular formula is C10H19N3O2. The molecule has 1 unspecified atom stereocenters. The summed E-state index contributed by atoms with van der Waals surface area (Å²) in [5.74, 6) is 0. The summed E-state index contributed by atoms with van der Waals surface area (Å²) < 4.78 is 1.74. The van der Waals surface area contributed by atoms with E-state index in [9.17, 15) is 5.11 Å². The summed E-state index contributed by atoms with van der Waals surface area (Å²) in [4.78, 5) is 0. The SMILES string of the molecule is CCC(O)c1cn(CCCCCO)nn1. The van der Waals surface area contributed by atoms with Gasteiger partial charge in [0.2, 0.25) is 0 Å². The van der Waals surface area contributed by atoms with E-state index >= 15 is 0 Å². The van der Waals surface area contributed by atoms with Crippen LogP contribution < -0.4 is 0 Å². The van der Waals surface area contributed by atoms with Gasteiger partial charge in [-0.2, -0.15) is 0 Å². The van der Waals surface area contributed by atoms with Gasteiger partial charge in [0.1, 0.15) is 5.69 Å². The average molecular weight is 213 g/mol. The lowest BCUT2D eigenvalue weighted by molar-refractivity contribution is 0.168. The standard InChI is InChI=1S/C10H19N3O2/c1-2-10(15)9-8-13(12-11-9)6-4-3-5-7-14/h8,10,14-15H,2-7H2,1H3. The topological polar surface area (TPSA) is 71.2 Å². The maximum absolute atomic E-state index is 9.50. The lowest BCUT2D eigenvalue weighted by atomic mass is 10.2. The van der Waals surface area contributed by atoms with E-state index < -0.39 is 6.10 Å². The zero-order chi connectivity index (χ0) is 11.1. The summed E-state index contributed by atoms with van der Waals surface area (Å²) >= 11 is 0. The Bertz CT molecular complexity index is 275. The van der Waals surface area contributed by atoms with Gasteiger partial charge < -0.3 is 10.2 Å². The summed E-state index contributed by atoms with van der Waals surface area (Å²) in [6.45, 7) is 2.95. The molecule has 2 N–H and O–H groups in total. The van der Waals surface area contributed by atoms with E-state index in [0.29, 0.717) is 12.1 Å². The molecule has 1 aromatic heterocycles. The van der Waals surface area contributed by atoms with Crippen LogP contribution in [-0.2, 0) is 6.54 Å². The second kappa shape index (κ2) is 6.53. The molecule has 0 aliphatic carbocycles. The van der Waals surface area contributed by atoms with E-state index in [2.05, 4.69) is 10.3 Å². The van der Waals surface area contributed by atoms with Crippen molar-refractivity contribution in [3.8, 4) is 0 Å². The van der Waals surface area contributed by atoms with E-state index in [1.807, 2.05) is 6.92 Å². The Labute approximate surface area is 89.7 Å². The highest BCUT2D eigenvalue weighted by Crippen LogP contribution is 2.12. The Morgan fingerprint density at radius 2 is 2.20 bits per heavy atom. The molecule has 1 atom stereocenters. The van der Waals surface area contributed by atoms with Crippen molar-refractivity contribution in [3.05, 3.63) is 11.9 Å². The number of aliphatic hydroxyl groups excluding tert-OH is 2. The van der Waals surface area contributed by atoms with Crippen LogP contribution in [0.4, 0.5) is 0 Å². The number of nitrogens with zero attached hydrogens (tertiary/aromatic N) is 3. The van der Waals surface area contributed by atoms with E-state index in [4.69, 9.17) is 5.11 Å². The van der Waals surface area contributed by atoms with Crippen molar-refractivity contribution >= 4 is 0 Å². The Hall–Kier alpha value is -0.940. The molecule has 1 rings (SSSR count). The lowest BCUT2D eigenvalue weighted by Gasteiger charge is -2.01. The molecule has 0 aliphatic heterocycles. The first-order chi connectivity index (χ1) is 7.27. The van der Waals surface area contributed by atoms with Crippen LogP contribution in [0.3, 0.4) is 0 Å². The van der Waals surface area contributed by atoms with Crippen LogP contribution in [-0.4, -0.2) is 31.8 Å². The van der Waals surface area contributed by atoms with Crippen LogP contribution in [0.2, 0.25) is 0 Å². The van der Waals surface area contributed by atoms with Gasteiger partial charge in [-0.25, -0.2) is 0 Å². The average Bonchev–Trinajstić information content (AvgIpc) is 2.72. The smallest absolute Gasteiger partial charge is 0.111 e. The lowest BCUT2D eigenvalue weighted by Crippen LogP contribution is -1.99. The van der Waals surface area contributed by atoms with Gasteiger partial charge in [-0.05, 0) is 25.7 Å². The molecule has 0 bridgehead atoms. The highest BCUT2D eigenvalue weighted by Gasteiger charge is 2.08. The van der Waals surface area contributed by atoms with E-state index in [1.165, 1.54) is 0 Å². The van der Waals surface area contributed by atoms with Gasteiger partial charge in [0.05, 0.1) is 12.3 Å². The molecule has 1 aromatic rings. The molecule has 0 saturated carbocycles. The molecule has 0 radical (unpaired) electrons. The highest BCUT2D eigenvalue weighted by molar-refractivity contribution is 4.96. The van der Waals surface area contributed by atoms with Crippen molar-refractivity contribution in [2.24, 2.45) is 0 Å². The fraction of sp³-hybridized carbons (Fsp3) is 0.800. The predicted octanol–water partition coefficient (Wildman–Crippen LogP) is 0.884. The highest BCUT2D eigenvalue weighted by atomic mass is 16.3. The molecule has 0 aromatic carbocycles. The predicted molar refractivity (Wildman–Crippen MR) is 56.2 cm³/mol. The van der Waals surface area contributed by atoms with Gasteiger partial charge >= 0.3 is 0 Å². The molecule has 0 amide bonds. The van der Waals surface area contributed by atoms with Gasteiger partial charge in [-0.3, -0.25) is 4.68 Å². The molecule has 0 spiro atoms. The number of aryl methyl sites for hydroxylation is 1. The molecular weight excluding hydrogens is 194 g/mol. The Morgan fingerprint density at radius 1 is 1.40 bits per heavy atom.